The molecule has 1 saturated heterocycles. The lowest BCUT2D eigenvalue weighted by atomic mass is 9.97. The molecule has 1 fully saturated rings. The summed E-state index contributed by atoms with van der Waals surface area (Å²) in [6, 6.07) is 10.5. The van der Waals surface area contributed by atoms with Crippen molar-refractivity contribution in [2.24, 2.45) is 0 Å². The van der Waals surface area contributed by atoms with Crippen LogP contribution in [0.25, 0.3) is 0 Å². The van der Waals surface area contributed by atoms with E-state index in [1.165, 1.54) is 6.26 Å². The molecule has 1 unspecified atom stereocenters. The lowest BCUT2D eigenvalue weighted by Crippen LogP contribution is -2.50. The van der Waals surface area contributed by atoms with Crippen molar-refractivity contribution < 1.29 is 23.5 Å². The predicted octanol–water partition coefficient (Wildman–Crippen LogP) is 1.78. The molecular formula is C20H20N2O5. The molecule has 0 aliphatic carbocycles. The Morgan fingerprint density at radius 2 is 1.85 bits per heavy atom. The van der Waals surface area contributed by atoms with E-state index in [1.807, 2.05) is 12.1 Å². The smallest absolute Gasteiger partial charge is 0.339 e. The summed E-state index contributed by atoms with van der Waals surface area (Å²) < 4.78 is 10.4. The molecule has 0 spiro atoms. The lowest BCUT2D eigenvalue weighted by Gasteiger charge is -2.33. The molecule has 0 saturated carbocycles. The maximum absolute atomic E-state index is 12.5. The Labute approximate surface area is 156 Å². The van der Waals surface area contributed by atoms with Gasteiger partial charge >= 0.3 is 5.97 Å². The summed E-state index contributed by atoms with van der Waals surface area (Å²) in [4.78, 5) is 38.6. The number of esters is 1. The number of carbonyl (C=O) groups excluding carboxylic acids is 3. The zero-order chi connectivity index (χ0) is 18.8. The second-order valence-corrected chi connectivity index (χ2v) is 6.81. The fourth-order valence-corrected chi connectivity index (χ4v) is 3.55. The van der Waals surface area contributed by atoms with E-state index >= 15 is 0 Å². The number of benzene rings is 1. The number of piperidine rings is 1. The molecule has 7 heteroatoms. The average Bonchev–Trinajstić information content (AvgIpc) is 3.23. The van der Waals surface area contributed by atoms with Crippen molar-refractivity contribution in [2.45, 2.75) is 31.4 Å². The highest BCUT2D eigenvalue weighted by molar-refractivity contribution is 5.96. The van der Waals surface area contributed by atoms with Crippen LogP contribution in [0.2, 0.25) is 0 Å². The maximum atomic E-state index is 12.5. The summed E-state index contributed by atoms with van der Waals surface area (Å²) in [6.07, 6.45) is 2.34. The number of cyclic esters (lactones) is 1. The summed E-state index contributed by atoms with van der Waals surface area (Å²) in [6.45, 7) is 1.08. The number of nitrogens with zero attached hydrogens (tertiary/aromatic N) is 1. The van der Waals surface area contributed by atoms with E-state index in [0.29, 0.717) is 43.7 Å². The molecule has 1 aromatic carbocycles. The summed E-state index contributed by atoms with van der Waals surface area (Å²) in [5.41, 5.74) is 1.35. The number of rotatable bonds is 3. The largest absolute Gasteiger partial charge is 0.459 e. The summed E-state index contributed by atoms with van der Waals surface area (Å²) in [5.74, 6) is -0.558. The van der Waals surface area contributed by atoms with E-state index in [-0.39, 0.29) is 17.9 Å². The van der Waals surface area contributed by atoms with Crippen LogP contribution in [0.15, 0.2) is 47.1 Å². The van der Waals surface area contributed by atoms with Crippen LogP contribution in [0.1, 0.15) is 39.3 Å². The third-order valence-corrected chi connectivity index (χ3v) is 5.04. The number of carbonyl (C=O) groups is 3. The van der Waals surface area contributed by atoms with Gasteiger partial charge in [0.1, 0.15) is 0 Å². The Bertz CT molecular complexity index is 853. The zero-order valence-corrected chi connectivity index (χ0v) is 14.7. The van der Waals surface area contributed by atoms with Gasteiger partial charge < -0.3 is 19.4 Å². The van der Waals surface area contributed by atoms with E-state index in [4.69, 9.17) is 9.15 Å². The first-order valence-electron chi connectivity index (χ1n) is 9.04. The number of fused-ring (bicyclic) bond motifs is 1. The summed E-state index contributed by atoms with van der Waals surface area (Å²) in [7, 11) is 0. The molecule has 0 bridgehead atoms. The van der Waals surface area contributed by atoms with Crippen LogP contribution in [0.3, 0.4) is 0 Å². The highest BCUT2D eigenvalue weighted by Crippen LogP contribution is 2.21. The monoisotopic (exact) mass is 368 g/mol. The summed E-state index contributed by atoms with van der Waals surface area (Å²) in [5, 5.41) is 2.96. The van der Waals surface area contributed by atoms with Crippen LogP contribution in [0.5, 0.6) is 0 Å². The van der Waals surface area contributed by atoms with Gasteiger partial charge in [0.15, 0.2) is 11.9 Å². The number of hydrogen-bond acceptors (Lipinski definition) is 5. The van der Waals surface area contributed by atoms with Crippen molar-refractivity contribution in [2.75, 3.05) is 13.1 Å². The number of nitrogens with one attached hydrogen (secondary N) is 1. The molecule has 140 valence electrons. The van der Waals surface area contributed by atoms with Crippen molar-refractivity contribution in [1.82, 2.24) is 10.2 Å². The summed E-state index contributed by atoms with van der Waals surface area (Å²) >= 11 is 0. The van der Waals surface area contributed by atoms with Gasteiger partial charge in [0.2, 0.25) is 0 Å². The molecule has 27 heavy (non-hydrogen) atoms. The molecule has 1 aromatic heterocycles. The van der Waals surface area contributed by atoms with Crippen molar-refractivity contribution in [3.8, 4) is 0 Å². The molecule has 3 heterocycles. The number of ether oxygens (including phenoxy) is 1. The van der Waals surface area contributed by atoms with E-state index < -0.39 is 12.1 Å². The number of hydrogen-bond donors (Lipinski definition) is 1. The molecule has 0 radical (unpaired) electrons. The first kappa shape index (κ1) is 17.3. The molecule has 1 atom stereocenters. The Morgan fingerprint density at radius 3 is 2.59 bits per heavy atom. The topological polar surface area (TPSA) is 88.9 Å². The SMILES string of the molecule is O=C1OC(C(=O)NC2CCN(C(=O)c3ccco3)CC2)Cc2ccccc21. The van der Waals surface area contributed by atoms with Gasteiger partial charge in [0.05, 0.1) is 11.8 Å². The van der Waals surface area contributed by atoms with Crippen molar-refractivity contribution in [3.63, 3.8) is 0 Å². The minimum absolute atomic E-state index is 0.0472. The van der Waals surface area contributed by atoms with E-state index in [9.17, 15) is 14.4 Å². The van der Waals surface area contributed by atoms with Gasteiger partial charge in [0, 0.05) is 25.6 Å². The van der Waals surface area contributed by atoms with Crippen LogP contribution in [-0.4, -0.2) is 47.9 Å². The Kier molecular flexibility index (Phi) is 4.66. The molecule has 4 rings (SSSR count). The standard InChI is InChI=1S/C20H20N2O5/c23-18(17-12-13-4-1-2-5-15(13)20(25)27-17)21-14-7-9-22(10-8-14)19(24)16-6-3-11-26-16/h1-6,11,14,17H,7-10,12H2,(H,21,23). The van der Waals surface area contributed by atoms with Gasteiger partial charge in [-0.15, -0.1) is 0 Å². The van der Waals surface area contributed by atoms with Crippen molar-refractivity contribution in [1.29, 1.82) is 0 Å². The van der Waals surface area contributed by atoms with Gasteiger partial charge in [-0.25, -0.2) is 4.79 Å². The second kappa shape index (κ2) is 7.26. The number of furan rings is 1. The highest BCUT2D eigenvalue weighted by Gasteiger charge is 2.33. The van der Waals surface area contributed by atoms with Gasteiger partial charge in [-0.05, 0) is 36.6 Å². The molecule has 7 nitrogen and oxygen atoms in total. The minimum Gasteiger partial charge on any atom is -0.459 e. The Hall–Kier alpha value is -3.09. The minimum atomic E-state index is -0.810. The molecule has 2 aromatic rings. The average molecular weight is 368 g/mol. The Morgan fingerprint density at radius 1 is 1.07 bits per heavy atom. The predicted molar refractivity (Wildman–Crippen MR) is 95.1 cm³/mol. The van der Waals surface area contributed by atoms with Crippen LogP contribution in [0, 0.1) is 0 Å². The fourth-order valence-electron chi connectivity index (χ4n) is 3.55. The fraction of sp³-hybridized carbons (Fsp3) is 0.350. The van der Waals surface area contributed by atoms with E-state index in [2.05, 4.69) is 5.32 Å². The van der Waals surface area contributed by atoms with Gasteiger partial charge in [-0.1, -0.05) is 18.2 Å². The van der Waals surface area contributed by atoms with Gasteiger partial charge in [-0.3, -0.25) is 9.59 Å². The van der Waals surface area contributed by atoms with Gasteiger partial charge in [0.25, 0.3) is 11.8 Å². The number of likely N-dealkylation sites (tertiary alicyclic amines) is 1. The zero-order valence-electron chi connectivity index (χ0n) is 14.7. The van der Waals surface area contributed by atoms with Crippen LogP contribution in [-0.2, 0) is 16.0 Å². The number of amides is 2. The second-order valence-electron chi connectivity index (χ2n) is 6.81. The lowest BCUT2D eigenvalue weighted by molar-refractivity contribution is -0.131. The van der Waals surface area contributed by atoms with Crippen LogP contribution >= 0.6 is 0 Å². The van der Waals surface area contributed by atoms with Crippen molar-refractivity contribution in [3.05, 3.63) is 59.5 Å². The van der Waals surface area contributed by atoms with Crippen LogP contribution in [0.4, 0.5) is 0 Å². The first-order valence-corrected chi connectivity index (χ1v) is 9.04. The van der Waals surface area contributed by atoms with E-state index in [0.717, 1.165) is 5.56 Å². The Balaban J connectivity index is 1.31. The van der Waals surface area contributed by atoms with Gasteiger partial charge in [-0.2, -0.15) is 0 Å². The van der Waals surface area contributed by atoms with E-state index in [1.54, 1.807) is 29.2 Å². The maximum Gasteiger partial charge on any atom is 0.339 e. The molecule has 1 N–H and O–H groups in total. The third kappa shape index (κ3) is 3.58. The van der Waals surface area contributed by atoms with Crippen LogP contribution < -0.4 is 5.32 Å². The third-order valence-electron chi connectivity index (χ3n) is 5.04. The molecular weight excluding hydrogens is 348 g/mol. The highest BCUT2D eigenvalue weighted by atomic mass is 16.5. The quantitative estimate of drug-likeness (QED) is 0.835. The van der Waals surface area contributed by atoms with Crippen molar-refractivity contribution >= 4 is 17.8 Å². The molecule has 2 amide bonds. The first-order chi connectivity index (χ1) is 13.1. The molecule has 2 aliphatic heterocycles. The normalized spacial score (nSPS) is 19.9. The molecule has 2 aliphatic rings.